The van der Waals surface area contributed by atoms with Gasteiger partial charge >= 0.3 is 11.9 Å². The van der Waals surface area contributed by atoms with Crippen molar-refractivity contribution < 1.29 is 24.2 Å². The first-order chi connectivity index (χ1) is 12.0. The lowest BCUT2D eigenvalue weighted by Gasteiger charge is -2.28. The summed E-state index contributed by atoms with van der Waals surface area (Å²) in [6.45, 7) is 1.15. The largest absolute Gasteiger partial charge is 0.455 e. The summed E-state index contributed by atoms with van der Waals surface area (Å²) in [5.41, 5.74) is 6.56. The van der Waals surface area contributed by atoms with Crippen molar-refractivity contribution >= 4 is 11.9 Å². The van der Waals surface area contributed by atoms with Gasteiger partial charge in [-0.2, -0.15) is 0 Å². The molecule has 0 aliphatic rings. The van der Waals surface area contributed by atoms with Crippen LogP contribution in [0.4, 0.5) is 0 Å². The maximum absolute atomic E-state index is 12.2. The molecule has 2 rings (SSSR count). The van der Waals surface area contributed by atoms with Crippen LogP contribution in [0.1, 0.15) is 27.6 Å². The van der Waals surface area contributed by atoms with E-state index in [9.17, 15) is 14.7 Å². The Morgan fingerprint density at radius 3 is 1.80 bits per heavy atom. The molecule has 0 fully saturated rings. The van der Waals surface area contributed by atoms with Gasteiger partial charge in [-0.1, -0.05) is 36.4 Å². The van der Waals surface area contributed by atoms with E-state index < -0.39 is 36.8 Å². The van der Waals surface area contributed by atoms with E-state index in [-0.39, 0.29) is 0 Å². The Kier molecular flexibility index (Phi) is 6.68. The van der Waals surface area contributed by atoms with Gasteiger partial charge < -0.3 is 20.3 Å². The van der Waals surface area contributed by atoms with Gasteiger partial charge in [0.05, 0.1) is 23.8 Å². The van der Waals surface area contributed by atoms with Crippen LogP contribution in [-0.4, -0.2) is 41.9 Å². The Hall–Kier alpha value is -2.70. The van der Waals surface area contributed by atoms with E-state index in [2.05, 4.69) is 0 Å². The summed E-state index contributed by atoms with van der Waals surface area (Å²) in [6.07, 6.45) is -1.81. The SMILES string of the molecule is C[C@@H](OC(=O)c1ccccc1)[C@@H](OC(=O)c1ccccc1)[C@@H](N)CO. The molecule has 0 aliphatic heterocycles. The maximum atomic E-state index is 12.2. The molecule has 6 heteroatoms. The lowest BCUT2D eigenvalue weighted by molar-refractivity contribution is -0.0433. The third-order valence-electron chi connectivity index (χ3n) is 3.65. The molecule has 0 saturated heterocycles. The highest BCUT2D eigenvalue weighted by molar-refractivity contribution is 5.90. The number of carbonyl (C=O) groups is 2. The van der Waals surface area contributed by atoms with Crippen LogP contribution in [0.5, 0.6) is 0 Å². The van der Waals surface area contributed by atoms with E-state index >= 15 is 0 Å². The molecule has 25 heavy (non-hydrogen) atoms. The number of carbonyl (C=O) groups excluding carboxylic acids is 2. The zero-order valence-corrected chi connectivity index (χ0v) is 13.9. The third-order valence-corrected chi connectivity index (χ3v) is 3.65. The number of hydrogen-bond acceptors (Lipinski definition) is 6. The molecule has 3 atom stereocenters. The van der Waals surface area contributed by atoms with Crippen LogP contribution >= 0.6 is 0 Å². The predicted octanol–water partition coefficient (Wildman–Crippen LogP) is 1.78. The van der Waals surface area contributed by atoms with Crippen LogP contribution in [0.25, 0.3) is 0 Å². The number of hydrogen-bond donors (Lipinski definition) is 2. The van der Waals surface area contributed by atoms with Crippen LogP contribution in [0.2, 0.25) is 0 Å². The molecule has 0 aliphatic carbocycles. The summed E-state index contributed by atoms with van der Waals surface area (Å²) >= 11 is 0. The minimum absolute atomic E-state index is 0.347. The maximum Gasteiger partial charge on any atom is 0.338 e. The van der Waals surface area contributed by atoms with Crippen molar-refractivity contribution in [3.63, 3.8) is 0 Å². The van der Waals surface area contributed by atoms with Gasteiger partial charge in [0.25, 0.3) is 0 Å². The minimum Gasteiger partial charge on any atom is -0.455 e. The summed E-state index contributed by atoms with van der Waals surface area (Å²) < 4.78 is 10.7. The Labute approximate surface area is 146 Å². The van der Waals surface area contributed by atoms with Crippen LogP contribution in [-0.2, 0) is 9.47 Å². The van der Waals surface area contributed by atoms with Crippen molar-refractivity contribution in [1.82, 2.24) is 0 Å². The first-order valence-corrected chi connectivity index (χ1v) is 7.91. The van der Waals surface area contributed by atoms with E-state index in [4.69, 9.17) is 15.2 Å². The van der Waals surface area contributed by atoms with Crippen molar-refractivity contribution in [2.24, 2.45) is 5.73 Å². The Morgan fingerprint density at radius 2 is 1.36 bits per heavy atom. The van der Waals surface area contributed by atoms with E-state index in [1.54, 1.807) is 67.6 Å². The predicted molar refractivity (Wildman–Crippen MR) is 92.0 cm³/mol. The molecule has 6 nitrogen and oxygen atoms in total. The van der Waals surface area contributed by atoms with Crippen molar-refractivity contribution in [3.8, 4) is 0 Å². The van der Waals surface area contributed by atoms with Crippen molar-refractivity contribution in [2.75, 3.05) is 6.61 Å². The molecule has 132 valence electrons. The summed E-state index contributed by atoms with van der Waals surface area (Å²) in [6, 6.07) is 16.0. The Balaban J connectivity index is 2.08. The second-order valence-corrected chi connectivity index (χ2v) is 5.56. The smallest absolute Gasteiger partial charge is 0.338 e. The minimum atomic E-state index is -0.981. The first-order valence-electron chi connectivity index (χ1n) is 7.91. The van der Waals surface area contributed by atoms with Crippen LogP contribution in [0.15, 0.2) is 60.7 Å². The van der Waals surface area contributed by atoms with Gasteiger partial charge in [0.2, 0.25) is 0 Å². The molecule has 2 aromatic carbocycles. The van der Waals surface area contributed by atoms with Gasteiger partial charge in [0.1, 0.15) is 6.10 Å². The van der Waals surface area contributed by atoms with Crippen molar-refractivity contribution in [1.29, 1.82) is 0 Å². The fourth-order valence-electron chi connectivity index (χ4n) is 2.28. The lowest BCUT2D eigenvalue weighted by Crippen LogP contribution is -2.48. The second-order valence-electron chi connectivity index (χ2n) is 5.56. The molecular formula is C19H21NO5. The Morgan fingerprint density at radius 1 is 0.920 bits per heavy atom. The number of aliphatic hydroxyl groups is 1. The zero-order valence-electron chi connectivity index (χ0n) is 13.9. The first kappa shape index (κ1) is 18.6. The summed E-state index contributed by atoms with van der Waals surface area (Å²) in [5, 5.41) is 9.33. The van der Waals surface area contributed by atoms with E-state index in [1.165, 1.54) is 0 Å². The Bertz CT molecular complexity index is 689. The zero-order chi connectivity index (χ0) is 18.2. The lowest BCUT2D eigenvalue weighted by atomic mass is 10.1. The summed E-state index contributed by atoms with van der Waals surface area (Å²) in [5.74, 6) is -1.16. The molecule has 0 saturated carbocycles. The molecule has 2 aromatic rings. The average molecular weight is 343 g/mol. The number of ether oxygens (including phenoxy) is 2. The summed E-state index contributed by atoms with van der Waals surface area (Å²) in [7, 11) is 0. The van der Waals surface area contributed by atoms with Crippen molar-refractivity contribution in [2.45, 2.75) is 25.2 Å². The second kappa shape index (κ2) is 8.96. The molecular weight excluding hydrogens is 322 g/mol. The van der Waals surface area contributed by atoms with Crippen molar-refractivity contribution in [3.05, 3.63) is 71.8 Å². The van der Waals surface area contributed by atoms with Gasteiger partial charge in [-0.05, 0) is 31.2 Å². The monoisotopic (exact) mass is 343 g/mol. The van der Waals surface area contributed by atoms with E-state index in [0.717, 1.165) is 0 Å². The van der Waals surface area contributed by atoms with Crippen LogP contribution in [0, 0.1) is 0 Å². The molecule has 0 unspecified atom stereocenters. The molecule has 0 heterocycles. The molecule has 0 aromatic heterocycles. The molecule has 0 radical (unpaired) electrons. The number of nitrogens with two attached hydrogens (primary N) is 1. The third kappa shape index (κ3) is 5.14. The summed E-state index contributed by atoms with van der Waals surface area (Å²) in [4.78, 5) is 24.4. The van der Waals surface area contributed by atoms with E-state index in [1.807, 2.05) is 0 Å². The topological polar surface area (TPSA) is 98.9 Å². The normalized spacial score (nSPS) is 14.2. The highest BCUT2D eigenvalue weighted by atomic mass is 16.6. The molecule has 0 amide bonds. The highest BCUT2D eigenvalue weighted by Gasteiger charge is 2.31. The van der Waals surface area contributed by atoms with Gasteiger partial charge in [-0.15, -0.1) is 0 Å². The fraction of sp³-hybridized carbons (Fsp3) is 0.263. The number of aliphatic hydroxyl groups excluding tert-OH is 1. The molecule has 0 spiro atoms. The average Bonchev–Trinajstić information content (AvgIpc) is 2.66. The standard InChI is InChI=1S/C19H21NO5/c1-13(24-18(22)14-8-4-2-5-9-14)17(16(20)12-21)25-19(23)15-10-6-3-7-11-15/h2-11,13,16-17,21H,12,20H2,1H3/t13-,16+,17-/m1/s1. The quantitative estimate of drug-likeness (QED) is 0.744. The number of esters is 2. The van der Waals surface area contributed by atoms with Crippen LogP contribution in [0.3, 0.4) is 0 Å². The fourth-order valence-corrected chi connectivity index (χ4v) is 2.28. The molecule has 0 bridgehead atoms. The van der Waals surface area contributed by atoms with Gasteiger partial charge in [0.15, 0.2) is 6.10 Å². The van der Waals surface area contributed by atoms with Gasteiger partial charge in [-0.25, -0.2) is 9.59 Å². The van der Waals surface area contributed by atoms with Gasteiger partial charge in [0, 0.05) is 0 Å². The number of benzene rings is 2. The van der Waals surface area contributed by atoms with Gasteiger partial charge in [-0.3, -0.25) is 0 Å². The van der Waals surface area contributed by atoms with E-state index in [0.29, 0.717) is 11.1 Å². The number of rotatable bonds is 7. The highest BCUT2D eigenvalue weighted by Crippen LogP contribution is 2.14. The molecule has 3 N–H and O–H groups in total. The van der Waals surface area contributed by atoms with Crippen LogP contribution < -0.4 is 5.73 Å².